The van der Waals surface area contributed by atoms with E-state index < -0.39 is 73.9 Å². The lowest BCUT2D eigenvalue weighted by molar-refractivity contribution is -0.136. The lowest BCUT2D eigenvalue weighted by atomic mass is 9.80. The van der Waals surface area contributed by atoms with Gasteiger partial charge in [0.1, 0.15) is 18.5 Å². The second-order valence-electron chi connectivity index (χ2n) is 8.13. The Hall–Kier alpha value is -2.13. The van der Waals surface area contributed by atoms with Crippen LogP contribution in [0.4, 0.5) is 22.0 Å². The first kappa shape index (κ1) is 26.9. The number of amides is 1. The number of fused-ring (bicyclic) bond motifs is 3. The molecular weight excluding hydrogens is 555 g/mol. The van der Waals surface area contributed by atoms with Gasteiger partial charge in [-0.1, -0.05) is 11.6 Å². The van der Waals surface area contributed by atoms with Crippen LogP contribution in [0.5, 0.6) is 5.75 Å². The highest BCUT2D eigenvalue weighted by atomic mass is 35.5. The fraction of sp³-hybridized carbons (Fsp3) is 0.381. The zero-order valence-corrected chi connectivity index (χ0v) is 20.5. The molecule has 2 aromatic rings. The highest BCUT2D eigenvalue weighted by Gasteiger charge is 2.62. The van der Waals surface area contributed by atoms with Crippen molar-refractivity contribution in [3.05, 3.63) is 58.6 Å². The largest absolute Gasteiger partial charge is 0.611 e. The molecule has 0 bridgehead atoms. The van der Waals surface area contributed by atoms with Gasteiger partial charge in [0.15, 0.2) is 21.2 Å². The molecule has 36 heavy (non-hydrogen) atoms. The van der Waals surface area contributed by atoms with E-state index in [0.717, 1.165) is 17.0 Å². The number of piperidine rings is 1. The molecule has 2 aliphatic rings. The van der Waals surface area contributed by atoms with Crippen molar-refractivity contribution in [1.29, 1.82) is 0 Å². The minimum atomic E-state index is -5.81. The molecule has 4 rings (SSSR count). The Labute approximate surface area is 210 Å². The molecule has 0 aromatic heterocycles. The average Bonchev–Trinajstić information content (AvgIpc) is 2.83. The molecule has 1 saturated heterocycles. The number of benzene rings is 2. The minimum Gasteiger partial charge on any atom is -0.611 e. The van der Waals surface area contributed by atoms with Gasteiger partial charge in [-0.05, 0) is 54.0 Å². The number of rotatable bonds is 5. The summed E-state index contributed by atoms with van der Waals surface area (Å²) in [4.78, 5) is 14.1. The van der Waals surface area contributed by atoms with Gasteiger partial charge < -0.3 is 14.2 Å². The molecule has 1 amide bonds. The number of nitrogens with one attached hydrogen (secondary N) is 1. The van der Waals surface area contributed by atoms with Gasteiger partial charge in [0.25, 0.3) is 0 Å². The number of ether oxygens (including phenoxy) is 1. The minimum absolute atomic E-state index is 0.0156. The molecule has 3 atom stereocenters. The van der Waals surface area contributed by atoms with Crippen molar-refractivity contribution in [3.63, 3.8) is 0 Å². The molecule has 2 aromatic carbocycles. The highest BCUT2D eigenvalue weighted by Crippen LogP contribution is 2.53. The van der Waals surface area contributed by atoms with Crippen LogP contribution >= 0.6 is 11.6 Å². The van der Waals surface area contributed by atoms with Crippen LogP contribution in [0.15, 0.2) is 41.3 Å². The third kappa shape index (κ3) is 4.53. The van der Waals surface area contributed by atoms with E-state index in [1.165, 1.54) is 29.0 Å². The first-order valence-electron chi connectivity index (χ1n) is 10.4. The van der Waals surface area contributed by atoms with Crippen molar-refractivity contribution in [1.82, 2.24) is 9.62 Å². The zero-order valence-electron chi connectivity index (χ0n) is 18.1. The van der Waals surface area contributed by atoms with Gasteiger partial charge in [-0.25, -0.2) is 17.2 Å². The Morgan fingerprint density at radius 2 is 1.83 bits per heavy atom. The molecule has 0 saturated carbocycles. The molecule has 2 heterocycles. The van der Waals surface area contributed by atoms with Crippen LogP contribution in [0, 0.1) is 11.6 Å². The number of halogens is 6. The van der Waals surface area contributed by atoms with Gasteiger partial charge in [0.05, 0.1) is 12.1 Å². The van der Waals surface area contributed by atoms with E-state index in [1.807, 2.05) is 0 Å². The van der Waals surface area contributed by atoms with Gasteiger partial charge >= 0.3 is 15.5 Å². The molecule has 2 aliphatic heterocycles. The number of sulfonamides is 1. The number of nitrogens with zero attached hydrogens (tertiary/aromatic N) is 1. The van der Waals surface area contributed by atoms with Gasteiger partial charge in [0.2, 0.25) is 5.91 Å². The fourth-order valence-corrected chi connectivity index (χ4v) is 7.10. The summed E-state index contributed by atoms with van der Waals surface area (Å²) < 4.78 is 110. The Morgan fingerprint density at radius 1 is 1.19 bits per heavy atom. The van der Waals surface area contributed by atoms with Gasteiger partial charge in [-0.15, -0.1) is 0 Å². The lowest BCUT2D eigenvalue weighted by Gasteiger charge is -2.51. The normalized spacial score (nSPS) is 22.9. The smallest absolute Gasteiger partial charge is 0.511 e. The van der Waals surface area contributed by atoms with Crippen LogP contribution in [0.1, 0.15) is 18.4 Å². The van der Waals surface area contributed by atoms with E-state index >= 15 is 4.39 Å². The number of alkyl halides is 3. The average molecular weight is 573 g/mol. The number of carbonyl (C=O) groups excluding carboxylic acids is 1. The maximum Gasteiger partial charge on any atom is 0.511 e. The number of hydrogen-bond donors (Lipinski definition) is 1. The topological polar surface area (TPSA) is 98.8 Å². The first-order chi connectivity index (χ1) is 16.8. The molecule has 1 N–H and O–H groups in total. The van der Waals surface area contributed by atoms with Crippen molar-refractivity contribution in [3.8, 4) is 5.75 Å². The summed E-state index contributed by atoms with van der Waals surface area (Å²) in [6.45, 7) is -1.77. The van der Waals surface area contributed by atoms with Crippen LogP contribution in [0.25, 0.3) is 0 Å². The van der Waals surface area contributed by atoms with Crippen molar-refractivity contribution < 1.29 is 44.5 Å². The molecule has 196 valence electrons. The molecule has 0 aliphatic carbocycles. The second kappa shape index (κ2) is 9.63. The summed E-state index contributed by atoms with van der Waals surface area (Å²) in [5.74, 6) is -3.40. The third-order valence-corrected chi connectivity index (χ3v) is 9.55. The molecule has 15 heteroatoms. The van der Waals surface area contributed by atoms with E-state index in [-0.39, 0.29) is 29.8 Å². The molecular formula is C21H18ClF5N2O5S2. The zero-order chi connectivity index (χ0) is 26.5. The summed E-state index contributed by atoms with van der Waals surface area (Å²) in [5, 5.41) is 0.326. The standard InChI is InChI=1S/C21H18ClF5N2O5S2/c22-12-2-4-13(5-3-12)35(31)20-8-1-9-29(17(30)10-28-36(32,33)21(25,26)27)16(20)11-34-19-15(24)7-6-14(23)18(19)20/h2-7,16,28H,1,8-11H2/t16-,20+,35?/m0/s1. The second-order valence-corrected chi connectivity index (χ2v) is 12.1. The molecule has 0 spiro atoms. The van der Waals surface area contributed by atoms with Gasteiger partial charge in [-0.2, -0.15) is 17.9 Å². The van der Waals surface area contributed by atoms with E-state index in [9.17, 15) is 35.3 Å². The van der Waals surface area contributed by atoms with Crippen LogP contribution in [0.3, 0.4) is 0 Å². The van der Waals surface area contributed by atoms with Crippen molar-refractivity contribution >= 4 is 38.7 Å². The Balaban J connectivity index is 1.78. The van der Waals surface area contributed by atoms with Gasteiger partial charge in [-0.3, -0.25) is 4.79 Å². The van der Waals surface area contributed by atoms with Crippen LogP contribution < -0.4 is 9.46 Å². The molecule has 0 radical (unpaired) electrons. The summed E-state index contributed by atoms with van der Waals surface area (Å²) in [5.41, 5.74) is -6.00. The molecule has 1 unspecified atom stereocenters. The number of hydrogen-bond acceptors (Lipinski definition) is 5. The lowest BCUT2D eigenvalue weighted by Crippen LogP contribution is -2.65. The predicted molar refractivity (Wildman–Crippen MR) is 119 cm³/mol. The fourth-order valence-electron chi connectivity index (χ4n) is 4.55. The molecule has 1 fully saturated rings. The summed E-state index contributed by atoms with van der Waals surface area (Å²) in [7, 11) is -5.81. The van der Waals surface area contributed by atoms with Crippen LogP contribution in [-0.4, -0.2) is 55.0 Å². The summed E-state index contributed by atoms with van der Waals surface area (Å²) in [6, 6.07) is 6.20. The first-order valence-corrected chi connectivity index (χ1v) is 13.4. The summed E-state index contributed by atoms with van der Waals surface area (Å²) in [6.07, 6.45) is 0.130. The van der Waals surface area contributed by atoms with Gasteiger partial charge in [0, 0.05) is 18.0 Å². The Morgan fingerprint density at radius 3 is 2.47 bits per heavy atom. The SMILES string of the molecule is O=C(CNS(=O)(=O)C(F)(F)F)N1CCC[C@]2([S+]([O-])c3ccc(Cl)cc3)c3c(F)ccc(F)c3OC[C@H]12. The summed E-state index contributed by atoms with van der Waals surface area (Å²) >= 11 is 3.79. The van der Waals surface area contributed by atoms with Crippen LogP contribution in [-0.2, 0) is 30.7 Å². The van der Waals surface area contributed by atoms with E-state index in [1.54, 1.807) is 0 Å². The van der Waals surface area contributed by atoms with Crippen molar-refractivity contribution in [2.75, 3.05) is 19.7 Å². The molecule has 7 nitrogen and oxygen atoms in total. The van der Waals surface area contributed by atoms with E-state index in [0.29, 0.717) is 5.02 Å². The van der Waals surface area contributed by atoms with Crippen LogP contribution in [0.2, 0.25) is 5.02 Å². The van der Waals surface area contributed by atoms with E-state index in [4.69, 9.17) is 16.3 Å². The number of likely N-dealkylation sites (tertiary alicyclic amines) is 1. The Kier molecular flexibility index (Phi) is 7.20. The number of carbonyl (C=O) groups is 1. The van der Waals surface area contributed by atoms with E-state index in [2.05, 4.69) is 0 Å². The quantitative estimate of drug-likeness (QED) is 0.437. The predicted octanol–water partition coefficient (Wildman–Crippen LogP) is 3.44. The highest BCUT2D eigenvalue weighted by molar-refractivity contribution is 7.92. The maximum absolute atomic E-state index is 15.2. The monoisotopic (exact) mass is 572 g/mol. The maximum atomic E-state index is 15.2. The Bertz CT molecular complexity index is 1280. The van der Waals surface area contributed by atoms with Crippen molar-refractivity contribution in [2.24, 2.45) is 0 Å². The third-order valence-electron chi connectivity index (χ3n) is 6.13. The van der Waals surface area contributed by atoms with Crippen molar-refractivity contribution in [2.45, 2.75) is 34.0 Å².